The maximum Gasteiger partial charge on any atom is 0.240 e. The number of benzene rings is 3. The molecule has 0 aliphatic carbocycles. The van der Waals surface area contributed by atoms with Gasteiger partial charge in [-0.15, -0.1) is 6.58 Å². The lowest BCUT2D eigenvalue weighted by Crippen LogP contribution is -2.20. The molecule has 0 bridgehead atoms. The Morgan fingerprint density at radius 1 is 0.975 bits per heavy atom. The van der Waals surface area contributed by atoms with E-state index < -0.39 is 5.91 Å². The Bertz CT molecular complexity index is 1380. The van der Waals surface area contributed by atoms with Crippen molar-refractivity contribution in [3.05, 3.63) is 94.0 Å². The quantitative estimate of drug-likeness (QED) is 0.127. The molecule has 3 aromatic rings. The lowest BCUT2D eigenvalue weighted by Gasteiger charge is -2.17. The van der Waals surface area contributed by atoms with Gasteiger partial charge < -0.3 is 19.5 Å². The van der Waals surface area contributed by atoms with Crippen LogP contribution in [0.3, 0.4) is 0 Å². The van der Waals surface area contributed by atoms with Crippen molar-refractivity contribution in [3.8, 4) is 17.2 Å². The number of anilines is 1. The van der Waals surface area contributed by atoms with E-state index in [0.717, 1.165) is 11.1 Å². The number of rotatable bonds is 14. The number of carbonyl (C=O) groups excluding carboxylic acids is 2. The first-order valence-corrected chi connectivity index (χ1v) is 13.3. The standard InChI is InChI=1S/C30H31Cl2N3O5/c1-4-8-21-15-20(16-27(39-5-2)30(21)40-19-22-11-12-23(31)17-24(22)32)18-33-35-29(37)14-13-28(36)34-25-9-6-7-10-26(25)38-3/h4,6-7,9-12,15-18H,1,5,8,13-14,19H2,2-3H3,(H,34,36)(H,35,37). The first-order valence-electron chi connectivity index (χ1n) is 12.6. The van der Waals surface area contributed by atoms with Crippen molar-refractivity contribution >= 4 is 46.9 Å². The molecule has 8 nitrogen and oxygen atoms in total. The Kier molecular flexibility index (Phi) is 11.9. The third kappa shape index (κ3) is 9.03. The van der Waals surface area contributed by atoms with E-state index in [0.29, 0.717) is 51.6 Å². The molecular weight excluding hydrogens is 553 g/mol. The maximum absolute atomic E-state index is 12.3. The van der Waals surface area contributed by atoms with Gasteiger partial charge in [-0.25, -0.2) is 5.43 Å². The van der Waals surface area contributed by atoms with Gasteiger partial charge >= 0.3 is 0 Å². The molecule has 0 aromatic heterocycles. The normalized spacial score (nSPS) is 10.7. The van der Waals surface area contributed by atoms with Crippen LogP contribution in [0.4, 0.5) is 5.69 Å². The van der Waals surface area contributed by atoms with Crippen molar-refractivity contribution in [1.29, 1.82) is 0 Å². The largest absolute Gasteiger partial charge is 0.495 e. The van der Waals surface area contributed by atoms with Crippen LogP contribution in [0.15, 0.2) is 72.4 Å². The van der Waals surface area contributed by atoms with Crippen LogP contribution >= 0.6 is 23.2 Å². The molecule has 0 radical (unpaired) electrons. The van der Waals surface area contributed by atoms with Crippen molar-refractivity contribution in [2.75, 3.05) is 19.0 Å². The zero-order chi connectivity index (χ0) is 28.9. The number of amides is 2. The van der Waals surface area contributed by atoms with Crippen molar-refractivity contribution in [1.82, 2.24) is 5.43 Å². The molecule has 210 valence electrons. The highest BCUT2D eigenvalue weighted by Crippen LogP contribution is 2.35. The van der Waals surface area contributed by atoms with Crippen LogP contribution in [0.2, 0.25) is 10.0 Å². The van der Waals surface area contributed by atoms with E-state index >= 15 is 0 Å². The fourth-order valence-corrected chi connectivity index (χ4v) is 4.17. The van der Waals surface area contributed by atoms with Crippen molar-refractivity contribution < 1.29 is 23.8 Å². The molecule has 0 saturated carbocycles. The van der Waals surface area contributed by atoms with E-state index in [1.165, 1.54) is 13.3 Å². The van der Waals surface area contributed by atoms with Crippen LogP contribution in [-0.4, -0.2) is 31.7 Å². The van der Waals surface area contributed by atoms with Crippen LogP contribution in [0.5, 0.6) is 17.2 Å². The number of hydrazone groups is 1. The lowest BCUT2D eigenvalue weighted by atomic mass is 10.1. The van der Waals surface area contributed by atoms with Gasteiger partial charge in [-0.05, 0) is 55.3 Å². The molecular formula is C30H31Cl2N3O5. The van der Waals surface area contributed by atoms with Gasteiger partial charge in [0.2, 0.25) is 11.8 Å². The zero-order valence-corrected chi connectivity index (χ0v) is 23.8. The number of para-hydroxylation sites is 2. The summed E-state index contributed by atoms with van der Waals surface area (Å²) in [7, 11) is 1.52. The minimum Gasteiger partial charge on any atom is -0.495 e. The van der Waals surface area contributed by atoms with Gasteiger partial charge in [0.1, 0.15) is 12.4 Å². The minimum atomic E-state index is -0.400. The predicted molar refractivity (Wildman–Crippen MR) is 159 cm³/mol. The number of hydrogen-bond donors (Lipinski definition) is 2. The summed E-state index contributed by atoms with van der Waals surface area (Å²) < 4.78 is 17.2. The first-order chi connectivity index (χ1) is 19.3. The van der Waals surface area contributed by atoms with Gasteiger partial charge in [-0.3, -0.25) is 9.59 Å². The minimum absolute atomic E-state index is 0.0129. The molecule has 0 fully saturated rings. The van der Waals surface area contributed by atoms with E-state index in [1.54, 1.807) is 48.5 Å². The van der Waals surface area contributed by atoms with Crippen LogP contribution < -0.4 is 25.0 Å². The molecule has 0 saturated heterocycles. The highest BCUT2D eigenvalue weighted by atomic mass is 35.5. The van der Waals surface area contributed by atoms with Gasteiger partial charge in [0.25, 0.3) is 0 Å². The average Bonchev–Trinajstić information content (AvgIpc) is 2.93. The Labute approximate surface area is 243 Å². The summed E-state index contributed by atoms with van der Waals surface area (Å²) >= 11 is 12.3. The fraction of sp³-hybridized carbons (Fsp3) is 0.233. The summed E-state index contributed by atoms with van der Waals surface area (Å²) in [5, 5.41) is 7.84. The second kappa shape index (κ2) is 15.5. The lowest BCUT2D eigenvalue weighted by molar-refractivity contribution is -0.124. The Balaban J connectivity index is 1.64. The topological polar surface area (TPSA) is 98.3 Å². The number of hydrogen-bond acceptors (Lipinski definition) is 6. The average molecular weight is 585 g/mol. The van der Waals surface area contributed by atoms with Crippen LogP contribution in [0.1, 0.15) is 36.5 Å². The summed E-state index contributed by atoms with van der Waals surface area (Å²) in [5.41, 5.74) is 5.29. The third-order valence-electron chi connectivity index (χ3n) is 5.57. The number of nitrogens with zero attached hydrogens (tertiary/aromatic N) is 1. The smallest absolute Gasteiger partial charge is 0.240 e. The Morgan fingerprint density at radius 3 is 2.48 bits per heavy atom. The van der Waals surface area contributed by atoms with Crippen LogP contribution in [0, 0.1) is 0 Å². The fourth-order valence-electron chi connectivity index (χ4n) is 3.70. The molecule has 0 unspecified atom stereocenters. The van der Waals surface area contributed by atoms with Gasteiger partial charge in [0.15, 0.2) is 11.5 Å². The van der Waals surface area contributed by atoms with E-state index in [1.807, 2.05) is 19.1 Å². The van der Waals surface area contributed by atoms with Crippen molar-refractivity contribution in [3.63, 3.8) is 0 Å². The Hall–Kier alpha value is -4.01. The third-order valence-corrected chi connectivity index (χ3v) is 6.16. The SMILES string of the molecule is C=CCc1cc(C=NNC(=O)CCC(=O)Nc2ccccc2OC)cc(OCC)c1OCc1ccc(Cl)cc1Cl. The summed E-state index contributed by atoms with van der Waals surface area (Å²) in [6, 6.07) is 15.9. The Morgan fingerprint density at radius 2 is 1.75 bits per heavy atom. The number of ether oxygens (including phenoxy) is 3. The molecule has 2 amide bonds. The number of nitrogens with one attached hydrogen (secondary N) is 2. The van der Waals surface area contributed by atoms with Gasteiger partial charge in [0, 0.05) is 34.0 Å². The molecule has 0 atom stereocenters. The molecule has 2 N–H and O–H groups in total. The summed E-state index contributed by atoms with van der Waals surface area (Å²) in [5.74, 6) is 0.914. The van der Waals surface area contributed by atoms with E-state index in [4.69, 9.17) is 37.4 Å². The number of halogens is 2. The number of carbonyl (C=O) groups is 2. The number of methoxy groups -OCH3 is 1. The maximum atomic E-state index is 12.3. The number of allylic oxidation sites excluding steroid dienone is 1. The second-order valence-corrected chi connectivity index (χ2v) is 9.34. The summed E-state index contributed by atoms with van der Waals surface area (Å²) in [6.07, 6.45) is 3.72. The summed E-state index contributed by atoms with van der Waals surface area (Å²) in [4.78, 5) is 24.5. The van der Waals surface area contributed by atoms with Crippen molar-refractivity contribution in [2.45, 2.75) is 32.8 Å². The van der Waals surface area contributed by atoms with Crippen molar-refractivity contribution in [2.24, 2.45) is 5.10 Å². The van der Waals surface area contributed by atoms with Crippen LogP contribution in [0.25, 0.3) is 0 Å². The van der Waals surface area contributed by atoms with E-state index in [9.17, 15) is 9.59 Å². The molecule has 10 heteroatoms. The van der Waals surface area contributed by atoms with Gasteiger partial charge in [-0.2, -0.15) is 5.10 Å². The first kappa shape index (κ1) is 30.5. The molecule has 0 aliphatic rings. The molecule has 3 aromatic carbocycles. The van der Waals surface area contributed by atoms with E-state index in [2.05, 4.69) is 22.4 Å². The highest BCUT2D eigenvalue weighted by Gasteiger charge is 2.15. The molecule has 3 rings (SSSR count). The van der Waals surface area contributed by atoms with Gasteiger partial charge in [-0.1, -0.05) is 47.5 Å². The predicted octanol–water partition coefficient (Wildman–Crippen LogP) is 6.58. The molecule has 0 heterocycles. The molecule has 40 heavy (non-hydrogen) atoms. The molecule has 0 aliphatic heterocycles. The monoisotopic (exact) mass is 583 g/mol. The highest BCUT2D eigenvalue weighted by molar-refractivity contribution is 6.35. The second-order valence-electron chi connectivity index (χ2n) is 8.50. The van der Waals surface area contributed by atoms with E-state index in [-0.39, 0.29) is 25.4 Å². The summed E-state index contributed by atoms with van der Waals surface area (Å²) in [6.45, 7) is 6.34. The van der Waals surface area contributed by atoms with Crippen LogP contribution in [-0.2, 0) is 22.6 Å². The zero-order valence-electron chi connectivity index (χ0n) is 22.3. The van der Waals surface area contributed by atoms with Gasteiger partial charge in [0.05, 0.1) is 25.6 Å². The molecule has 0 spiro atoms.